The largest absolute Gasteiger partial charge is 0.341 e. The van der Waals surface area contributed by atoms with Gasteiger partial charge in [-0.25, -0.2) is 0 Å². The molecule has 0 radical (unpaired) electrons. The van der Waals surface area contributed by atoms with Gasteiger partial charge in [0.2, 0.25) is 0 Å². The number of aryl methyl sites for hydroxylation is 1. The average molecular weight is 281 g/mol. The second kappa shape index (κ2) is 8.51. The topological polar surface area (TPSA) is 3.24 Å². The molecule has 0 fully saturated rings. The van der Waals surface area contributed by atoms with Crippen molar-refractivity contribution in [2.75, 3.05) is 11.4 Å². The molecular weight excluding hydrogens is 254 g/mol. The van der Waals surface area contributed by atoms with Gasteiger partial charge in [0.05, 0.1) is 0 Å². The van der Waals surface area contributed by atoms with Crippen LogP contribution in [0.25, 0.3) is 0 Å². The lowest BCUT2D eigenvalue weighted by Crippen LogP contribution is -2.18. The van der Waals surface area contributed by atoms with Crippen molar-refractivity contribution in [2.24, 2.45) is 0 Å². The van der Waals surface area contributed by atoms with Gasteiger partial charge in [0.1, 0.15) is 0 Å². The summed E-state index contributed by atoms with van der Waals surface area (Å²) in [6.07, 6.45) is 6.16. The lowest BCUT2D eigenvalue weighted by Gasteiger charge is -2.25. The standard InChI is InChI=1S/C20H27N/c1-3-5-10-18-13-15-20(16-14-18)21(17-6-4-2)19-11-8-7-9-12-19/h7-9,11-16H,3-6,10,17H2,1-2H3. The van der Waals surface area contributed by atoms with Crippen molar-refractivity contribution >= 4 is 11.4 Å². The van der Waals surface area contributed by atoms with E-state index in [1.54, 1.807) is 0 Å². The van der Waals surface area contributed by atoms with Gasteiger partial charge in [0, 0.05) is 17.9 Å². The van der Waals surface area contributed by atoms with Crippen molar-refractivity contribution in [3.05, 3.63) is 60.2 Å². The van der Waals surface area contributed by atoms with E-state index in [9.17, 15) is 0 Å². The van der Waals surface area contributed by atoms with Crippen molar-refractivity contribution in [3.63, 3.8) is 0 Å². The maximum absolute atomic E-state index is 2.42. The highest BCUT2D eigenvalue weighted by Crippen LogP contribution is 2.26. The zero-order valence-corrected chi connectivity index (χ0v) is 13.4. The van der Waals surface area contributed by atoms with Gasteiger partial charge in [-0.1, -0.05) is 57.0 Å². The lowest BCUT2D eigenvalue weighted by atomic mass is 10.1. The second-order valence-electron chi connectivity index (χ2n) is 5.61. The number of para-hydroxylation sites is 1. The van der Waals surface area contributed by atoms with Crippen LogP contribution in [0.15, 0.2) is 54.6 Å². The number of unbranched alkanes of at least 4 members (excludes halogenated alkanes) is 2. The van der Waals surface area contributed by atoms with Crippen LogP contribution >= 0.6 is 0 Å². The normalized spacial score (nSPS) is 10.6. The molecule has 2 aromatic carbocycles. The van der Waals surface area contributed by atoms with Gasteiger partial charge in [-0.3, -0.25) is 0 Å². The van der Waals surface area contributed by atoms with Crippen LogP contribution < -0.4 is 4.90 Å². The van der Waals surface area contributed by atoms with Gasteiger partial charge < -0.3 is 4.90 Å². The molecule has 0 bridgehead atoms. The van der Waals surface area contributed by atoms with E-state index in [1.807, 2.05) is 0 Å². The van der Waals surface area contributed by atoms with Gasteiger partial charge >= 0.3 is 0 Å². The minimum absolute atomic E-state index is 1.08. The Labute approximate surface area is 129 Å². The Hall–Kier alpha value is -1.76. The number of rotatable bonds is 8. The Morgan fingerprint density at radius 1 is 0.714 bits per heavy atom. The summed E-state index contributed by atoms with van der Waals surface area (Å²) in [6, 6.07) is 19.8. The first-order chi connectivity index (χ1) is 10.3. The summed E-state index contributed by atoms with van der Waals surface area (Å²) < 4.78 is 0. The number of anilines is 2. The fraction of sp³-hybridized carbons (Fsp3) is 0.400. The summed E-state index contributed by atoms with van der Waals surface area (Å²) in [6.45, 7) is 5.57. The summed E-state index contributed by atoms with van der Waals surface area (Å²) in [5.41, 5.74) is 4.03. The molecule has 0 aromatic heterocycles. The highest BCUT2D eigenvalue weighted by atomic mass is 15.1. The molecule has 0 unspecified atom stereocenters. The van der Waals surface area contributed by atoms with E-state index >= 15 is 0 Å². The number of hydrogen-bond acceptors (Lipinski definition) is 1. The zero-order valence-electron chi connectivity index (χ0n) is 13.4. The molecule has 0 aliphatic carbocycles. The Morgan fingerprint density at radius 2 is 1.33 bits per heavy atom. The van der Waals surface area contributed by atoms with Crippen LogP contribution in [0.4, 0.5) is 11.4 Å². The summed E-state index contributed by atoms with van der Waals surface area (Å²) in [5.74, 6) is 0. The first-order valence-corrected chi connectivity index (χ1v) is 8.26. The monoisotopic (exact) mass is 281 g/mol. The zero-order chi connectivity index (χ0) is 14.9. The molecule has 0 aliphatic heterocycles. The molecule has 0 saturated carbocycles. The molecule has 112 valence electrons. The van der Waals surface area contributed by atoms with Crippen molar-refractivity contribution in [2.45, 2.75) is 46.0 Å². The Balaban J connectivity index is 2.16. The van der Waals surface area contributed by atoms with Crippen molar-refractivity contribution in [1.29, 1.82) is 0 Å². The molecule has 21 heavy (non-hydrogen) atoms. The Bertz CT molecular complexity index is 501. The van der Waals surface area contributed by atoms with Crippen LogP contribution in [0.5, 0.6) is 0 Å². The van der Waals surface area contributed by atoms with Crippen LogP contribution in [0, 0.1) is 0 Å². The van der Waals surface area contributed by atoms with E-state index in [0.717, 1.165) is 6.54 Å². The maximum atomic E-state index is 2.42. The van der Waals surface area contributed by atoms with Gasteiger partial charge in [-0.2, -0.15) is 0 Å². The predicted octanol–water partition coefficient (Wildman–Crippen LogP) is 5.97. The van der Waals surface area contributed by atoms with Crippen molar-refractivity contribution in [3.8, 4) is 0 Å². The summed E-state index contributed by atoms with van der Waals surface area (Å²) in [5, 5.41) is 0. The van der Waals surface area contributed by atoms with Crippen LogP contribution in [0.2, 0.25) is 0 Å². The summed E-state index contributed by atoms with van der Waals surface area (Å²) in [7, 11) is 0. The van der Waals surface area contributed by atoms with Gasteiger partial charge in [0.15, 0.2) is 0 Å². The molecule has 2 aromatic rings. The minimum Gasteiger partial charge on any atom is -0.341 e. The highest BCUT2D eigenvalue weighted by molar-refractivity contribution is 5.63. The maximum Gasteiger partial charge on any atom is 0.0410 e. The molecule has 0 aliphatic rings. The third-order valence-electron chi connectivity index (χ3n) is 3.87. The van der Waals surface area contributed by atoms with Crippen molar-refractivity contribution < 1.29 is 0 Å². The van der Waals surface area contributed by atoms with E-state index in [2.05, 4.69) is 73.3 Å². The molecule has 0 N–H and O–H groups in total. The Kier molecular flexibility index (Phi) is 6.33. The molecule has 1 nitrogen and oxygen atoms in total. The predicted molar refractivity (Wildman–Crippen MR) is 93.4 cm³/mol. The van der Waals surface area contributed by atoms with Crippen LogP contribution in [0.1, 0.15) is 45.1 Å². The minimum atomic E-state index is 1.08. The smallest absolute Gasteiger partial charge is 0.0410 e. The molecule has 0 saturated heterocycles. The fourth-order valence-electron chi connectivity index (χ4n) is 2.55. The number of hydrogen-bond donors (Lipinski definition) is 0. The SMILES string of the molecule is CCCCc1ccc(N(CCCC)c2ccccc2)cc1. The summed E-state index contributed by atoms with van der Waals surface area (Å²) >= 11 is 0. The molecule has 1 heteroatoms. The quantitative estimate of drug-likeness (QED) is 0.576. The first kappa shape index (κ1) is 15.6. The number of benzene rings is 2. The molecule has 0 spiro atoms. The Morgan fingerprint density at radius 3 is 1.95 bits per heavy atom. The van der Waals surface area contributed by atoms with E-state index in [1.165, 1.54) is 49.0 Å². The van der Waals surface area contributed by atoms with Gasteiger partial charge in [-0.05, 0) is 49.1 Å². The molecule has 2 rings (SSSR count). The second-order valence-corrected chi connectivity index (χ2v) is 5.61. The van der Waals surface area contributed by atoms with E-state index in [0.29, 0.717) is 0 Å². The third kappa shape index (κ3) is 4.63. The van der Waals surface area contributed by atoms with Crippen LogP contribution in [-0.2, 0) is 6.42 Å². The van der Waals surface area contributed by atoms with Crippen LogP contribution in [0.3, 0.4) is 0 Å². The van der Waals surface area contributed by atoms with Gasteiger partial charge in [-0.15, -0.1) is 0 Å². The van der Waals surface area contributed by atoms with Crippen molar-refractivity contribution in [1.82, 2.24) is 0 Å². The molecular formula is C20H27N. The van der Waals surface area contributed by atoms with Crippen LogP contribution in [-0.4, -0.2) is 6.54 Å². The van der Waals surface area contributed by atoms with E-state index < -0.39 is 0 Å². The van der Waals surface area contributed by atoms with E-state index in [-0.39, 0.29) is 0 Å². The summed E-state index contributed by atoms with van der Waals surface area (Å²) in [4.78, 5) is 2.42. The fourth-order valence-corrected chi connectivity index (χ4v) is 2.55. The highest BCUT2D eigenvalue weighted by Gasteiger charge is 2.08. The molecule has 0 heterocycles. The molecule has 0 atom stereocenters. The third-order valence-corrected chi connectivity index (χ3v) is 3.87. The average Bonchev–Trinajstić information content (AvgIpc) is 2.55. The van der Waals surface area contributed by atoms with Gasteiger partial charge in [0.25, 0.3) is 0 Å². The molecule has 0 amide bonds. The van der Waals surface area contributed by atoms with E-state index in [4.69, 9.17) is 0 Å². The lowest BCUT2D eigenvalue weighted by molar-refractivity contribution is 0.783. The number of nitrogens with zero attached hydrogens (tertiary/aromatic N) is 1. The first-order valence-electron chi connectivity index (χ1n) is 8.26.